The Kier molecular flexibility index (Phi) is 8.02. The van der Waals surface area contributed by atoms with Crippen LogP contribution in [0.1, 0.15) is 34.8 Å². The molecule has 2 amide bonds. The summed E-state index contributed by atoms with van der Waals surface area (Å²) in [5, 5.41) is 5.59. The first-order chi connectivity index (χ1) is 13.5. The molecule has 2 aromatic rings. The zero-order chi connectivity index (χ0) is 20.5. The molecule has 0 bridgehead atoms. The van der Waals surface area contributed by atoms with Gasteiger partial charge in [-0.3, -0.25) is 9.59 Å². The van der Waals surface area contributed by atoms with Gasteiger partial charge in [-0.1, -0.05) is 36.8 Å². The van der Waals surface area contributed by atoms with E-state index in [4.69, 9.17) is 9.47 Å². The minimum absolute atomic E-state index is 0.267. The van der Waals surface area contributed by atoms with Gasteiger partial charge in [-0.15, -0.1) is 0 Å². The molecule has 0 unspecified atom stereocenters. The van der Waals surface area contributed by atoms with Crippen LogP contribution in [0.25, 0.3) is 0 Å². The normalized spacial score (nSPS) is 11.6. The van der Waals surface area contributed by atoms with E-state index >= 15 is 0 Å². The smallest absolute Gasteiger partial charge is 0.265 e. The molecule has 150 valence electrons. The number of carbonyl (C=O) groups is 2. The van der Waals surface area contributed by atoms with Crippen molar-refractivity contribution in [2.45, 2.75) is 33.3 Å². The summed E-state index contributed by atoms with van der Waals surface area (Å²) in [6, 6.07) is 12.7. The lowest BCUT2D eigenvalue weighted by Crippen LogP contribution is -2.34. The lowest BCUT2D eigenvalue weighted by Gasteiger charge is -2.20. The molecule has 0 heterocycles. The average molecular weight is 384 g/mol. The minimum atomic E-state index is -0.661. The first-order valence-corrected chi connectivity index (χ1v) is 9.37. The number of amides is 2. The molecule has 0 fully saturated rings. The average Bonchev–Trinajstić information content (AvgIpc) is 2.68. The van der Waals surface area contributed by atoms with Gasteiger partial charge in [-0.2, -0.15) is 0 Å². The highest BCUT2D eigenvalue weighted by atomic mass is 16.5. The number of methoxy groups -OCH3 is 1. The predicted molar refractivity (Wildman–Crippen MR) is 110 cm³/mol. The van der Waals surface area contributed by atoms with Crippen molar-refractivity contribution in [2.75, 3.05) is 25.6 Å². The van der Waals surface area contributed by atoms with Gasteiger partial charge in [0.1, 0.15) is 5.75 Å². The van der Waals surface area contributed by atoms with Crippen LogP contribution in [0.15, 0.2) is 42.5 Å². The molecule has 6 heteroatoms. The van der Waals surface area contributed by atoms with E-state index < -0.39 is 6.10 Å². The summed E-state index contributed by atoms with van der Waals surface area (Å²) < 4.78 is 10.9. The maximum Gasteiger partial charge on any atom is 0.265 e. The molecule has 0 aromatic heterocycles. The number of ether oxygens (including phenoxy) is 2. The zero-order valence-corrected chi connectivity index (χ0v) is 16.9. The van der Waals surface area contributed by atoms with Gasteiger partial charge < -0.3 is 20.1 Å². The Morgan fingerprint density at radius 3 is 2.54 bits per heavy atom. The molecule has 2 aromatic carbocycles. The van der Waals surface area contributed by atoms with Crippen LogP contribution in [-0.2, 0) is 9.53 Å². The van der Waals surface area contributed by atoms with Gasteiger partial charge in [-0.05, 0) is 44.0 Å². The number of rotatable bonds is 9. The van der Waals surface area contributed by atoms with Crippen LogP contribution < -0.4 is 15.4 Å². The molecule has 28 heavy (non-hydrogen) atoms. The van der Waals surface area contributed by atoms with Crippen LogP contribution in [0.2, 0.25) is 0 Å². The summed E-state index contributed by atoms with van der Waals surface area (Å²) in [6.07, 6.45) is -0.160. The number of hydrogen-bond donors (Lipinski definition) is 2. The zero-order valence-electron chi connectivity index (χ0n) is 16.9. The Hall–Kier alpha value is -2.86. The number of anilines is 1. The highest BCUT2D eigenvalue weighted by Gasteiger charge is 2.21. The van der Waals surface area contributed by atoms with E-state index in [1.807, 2.05) is 39.0 Å². The van der Waals surface area contributed by atoms with Crippen molar-refractivity contribution in [3.05, 3.63) is 59.2 Å². The van der Waals surface area contributed by atoms with Crippen molar-refractivity contribution >= 4 is 17.5 Å². The molecule has 0 saturated carbocycles. The summed E-state index contributed by atoms with van der Waals surface area (Å²) >= 11 is 0. The van der Waals surface area contributed by atoms with Crippen molar-refractivity contribution in [1.82, 2.24) is 5.32 Å². The Labute approximate surface area is 166 Å². The molecule has 0 aliphatic rings. The van der Waals surface area contributed by atoms with E-state index in [0.29, 0.717) is 36.6 Å². The molecule has 2 rings (SSSR count). The third-order valence-electron chi connectivity index (χ3n) is 4.28. The molecule has 0 aliphatic heterocycles. The van der Waals surface area contributed by atoms with E-state index in [2.05, 4.69) is 10.6 Å². The second-order valence-electron chi connectivity index (χ2n) is 6.57. The molecule has 0 aliphatic carbocycles. The van der Waals surface area contributed by atoms with Gasteiger partial charge in [0, 0.05) is 13.7 Å². The van der Waals surface area contributed by atoms with Crippen LogP contribution in [-0.4, -0.2) is 38.2 Å². The molecular formula is C22H28N2O4. The highest BCUT2D eigenvalue weighted by molar-refractivity contribution is 6.04. The van der Waals surface area contributed by atoms with Crippen molar-refractivity contribution < 1.29 is 19.1 Å². The second-order valence-corrected chi connectivity index (χ2v) is 6.57. The van der Waals surface area contributed by atoms with E-state index in [-0.39, 0.29) is 11.8 Å². The van der Waals surface area contributed by atoms with E-state index in [1.165, 1.54) is 0 Å². The highest BCUT2D eigenvalue weighted by Crippen LogP contribution is 2.22. The maximum atomic E-state index is 12.8. The van der Waals surface area contributed by atoms with Crippen LogP contribution in [0, 0.1) is 13.8 Å². The predicted octanol–water partition coefficient (Wildman–Crippen LogP) is 3.48. The molecule has 6 nitrogen and oxygen atoms in total. The van der Waals surface area contributed by atoms with Crippen LogP contribution in [0.5, 0.6) is 5.75 Å². The van der Waals surface area contributed by atoms with Gasteiger partial charge in [0.25, 0.3) is 11.8 Å². The Balaban J connectivity index is 2.11. The van der Waals surface area contributed by atoms with Crippen LogP contribution in [0.3, 0.4) is 0 Å². The lowest BCUT2D eigenvalue weighted by molar-refractivity contribution is -0.122. The first kappa shape index (κ1) is 21.4. The van der Waals surface area contributed by atoms with Crippen molar-refractivity contribution in [3.63, 3.8) is 0 Å². The molecule has 0 saturated heterocycles. The lowest BCUT2D eigenvalue weighted by atomic mass is 10.1. The number of aryl methyl sites for hydroxylation is 2. The summed E-state index contributed by atoms with van der Waals surface area (Å²) in [5.74, 6) is 0.120. The largest absolute Gasteiger partial charge is 0.480 e. The molecule has 1 atom stereocenters. The van der Waals surface area contributed by atoms with Crippen molar-refractivity contribution in [3.8, 4) is 5.75 Å². The summed E-state index contributed by atoms with van der Waals surface area (Å²) in [4.78, 5) is 25.2. The fourth-order valence-corrected chi connectivity index (χ4v) is 2.77. The second kappa shape index (κ2) is 10.5. The van der Waals surface area contributed by atoms with E-state index in [1.54, 1.807) is 31.4 Å². The summed E-state index contributed by atoms with van der Waals surface area (Å²) in [5.41, 5.74) is 2.96. The maximum absolute atomic E-state index is 12.8. The van der Waals surface area contributed by atoms with Crippen LogP contribution in [0.4, 0.5) is 5.69 Å². The Morgan fingerprint density at radius 1 is 1.11 bits per heavy atom. The summed E-state index contributed by atoms with van der Waals surface area (Å²) in [7, 11) is 1.57. The van der Waals surface area contributed by atoms with Crippen molar-refractivity contribution in [2.24, 2.45) is 0 Å². The topological polar surface area (TPSA) is 76.7 Å². The molecule has 2 N–H and O–H groups in total. The van der Waals surface area contributed by atoms with Gasteiger partial charge >= 0.3 is 0 Å². The van der Waals surface area contributed by atoms with E-state index in [9.17, 15) is 9.59 Å². The number of carbonyl (C=O) groups excluding carboxylic acids is 2. The quantitative estimate of drug-likeness (QED) is 0.649. The number of hydrogen-bond acceptors (Lipinski definition) is 4. The standard InChI is InChI=1S/C22H28N2O4/c1-5-19(28-20-11-10-15(2)14-16(20)3)22(26)24-18-9-7-6-8-17(18)21(25)23-12-13-27-4/h6-11,14,19H,5,12-13H2,1-4H3,(H,23,25)(H,24,26)/t19-/m1/s1. The summed E-state index contributed by atoms with van der Waals surface area (Å²) in [6.45, 7) is 6.66. The number of benzene rings is 2. The van der Waals surface area contributed by atoms with Gasteiger partial charge in [0.05, 0.1) is 17.9 Å². The third kappa shape index (κ3) is 5.82. The Morgan fingerprint density at radius 2 is 1.86 bits per heavy atom. The monoisotopic (exact) mass is 384 g/mol. The first-order valence-electron chi connectivity index (χ1n) is 9.37. The van der Waals surface area contributed by atoms with Gasteiger partial charge in [0.2, 0.25) is 0 Å². The van der Waals surface area contributed by atoms with Crippen molar-refractivity contribution in [1.29, 1.82) is 0 Å². The van der Waals surface area contributed by atoms with Gasteiger partial charge in [0.15, 0.2) is 6.10 Å². The molecule has 0 radical (unpaired) electrons. The van der Waals surface area contributed by atoms with E-state index in [0.717, 1.165) is 11.1 Å². The molecular weight excluding hydrogens is 356 g/mol. The van der Waals surface area contributed by atoms with Gasteiger partial charge in [-0.25, -0.2) is 0 Å². The minimum Gasteiger partial charge on any atom is -0.480 e. The SMILES string of the molecule is CC[C@@H](Oc1ccc(C)cc1C)C(=O)Nc1ccccc1C(=O)NCCOC. The van der Waals surface area contributed by atoms with Crippen LogP contribution >= 0.6 is 0 Å². The fourth-order valence-electron chi connectivity index (χ4n) is 2.77. The number of para-hydroxylation sites is 1. The third-order valence-corrected chi connectivity index (χ3v) is 4.28. The fraction of sp³-hybridized carbons (Fsp3) is 0.364. The number of nitrogens with one attached hydrogen (secondary N) is 2. The molecule has 0 spiro atoms. The Bertz CT molecular complexity index is 820.